The van der Waals surface area contributed by atoms with E-state index in [-0.39, 0.29) is 0 Å². The lowest BCUT2D eigenvalue weighted by atomic mass is 10.1. The fourth-order valence-corrected chi connectivity index (χ4v) is 2.30. The van der Waals surface area contributed by atoms with Gasteiger partial charge in [-0.05, 0) is 29.8 Å². The van der Waals surface area contributed by atoms with Gasteiger partial charge in [-0.2, -0.15) is 0 Å². The Balaban J connectivity index is 1.60. The van der Waals surface area contributed by atoms with Crippen molar-refractivity contribution in [1.29, 1.82) is 0 Å². The molecule has 1 heterocycles. The molecular weight excluding hydrogens is 300 g/mol. The molecular formula is C20H22N2O2. The largest absolute Gasteiger partial charge is 0.489 e. The van der Waals surface area contributed by atoms with Gasteiger partial charge in [0.25, 0.3) is 0 Å². The van der Waals surface area contributed by atoms with Crippen molar-refractivity contribution in [2.75, 3.05) is 0 Å². The van der Waals surface area contributed by atoms with Gasteiger partial charge in [0.1, 0.15) is 12.4 Å². The van der Waals surface area contributed by atoms with E-state index in [4.69, 9.17) is 9.26 Å². The third-order valence-corrected chi connectivity index (χ3v) is 3.64. The third-order valence-electron chi connectivity index (χ3n) is 3.64. The van der Waals surface area contributed by atoms with Gasteiger partial charge >= 0.3 is 0 Å². The van der Waals surface area contributed by atoms with Crippen molar-refractivity contribution in [1.82, 2.24) is 10.5 Å². The average molecular weight is 322 g/mol. The lowest BCUT2D eigenvalue weighted by Gasteiger charge is -2.06. The molecule has 4 heteroatoms. The van der Waals surface area contributed by atoms with Gasteiger partial charge in [0.15, 0.2) is 5.76 Å². The second kappa shape index (κ2) is 7.79. The first kappa shape index (κ1) is 16.3. The number of nitrogens with one attached hydrogen (secondary N) is 1. The molecule has 0 unspecified atom stereocenters. The van der Waals surface area contributed by atoms with Crippen molar-refractivity contribution in [2.45, 2.75) is 33.0 Å². The first-order valence-corrected chi connectivity index (χ1v) is 8.17. The van der Waals surface area contributed by atoms with Gasteiger partial charge in [-0.15, -0.1) is 0 Å². The van der Waals surface area contributed by atoms with E-state index in [1.807, 2.05) is 48.5 Å². The summed E-state index contributed by atoms with van der Waals surface area (Å²) in [4.78, 5) is 0. The third kappa shape index (κ3) is 4.46. The zero-order valence-electron chi connectivity index (χ0n) is 14.0. The van der Waals surface area contributed by atoms with Crippen LogP contribution in [-0.2, 0) is 13.2 Å². The number of hydrogen-bond acceptors (Lipinski definition) is 4. The SMILES string of the molecule is CC(C)NCc1cc(-c2ccc(OCc3ccccc3)cc2)on1. The van der Waals surface area contributed by atoms with Crippen LogP contribution in [0.15, 0.2) is 65.2 Å². The summed E-state index contributed by atoms with van der Waals surface area (Å²) in [6.45, 7) is 5.48. The van der Waals surface area contributed by atoms with Crippen molar-refractivity contribution in [3.63, 3.8) is 0 Å². The Bertz CT molecular complexity index is 749. The molecule has 0 saturated carbocycles. The van der Waals surface area contributed by atoms with Gasteiger partial charge in [0, 0.05) is 24.2 Å². The first-order chi connectivity index (χ1) is 11.7. The summed E-state index contributed by atoms with van der Waals surface area (Å²) in [6.07, 6.45) is 0. The van der Waals surface area contributed by atoms with E-state index in [9.17, 15) is 0 Å². The van der Waals surface area contributed by atoms with E-state index in [1.54, 1.807) is 0 Å². The van der Waals surface area contributed by atoms with E-state index in [0.717, 1.165) is 28.3 Å². The van der Waals surface area contributed by atoms with Crippen LogP contribution in [0.25, 0.3) is 11.3 Å². The summed E-state index contributed by atoms with van der Waals surface area (Å²) in [6, 6.07) is 20.4. The minimum absolute atomic E-state index is 0.422. The quantitative estimate of drug-likeness (QED) is 0.699. The van der Waals surface area contributed by atoms with Crippen LogP contribution in [0.1, 0.15) is 25.1 Å². The number of aromatic nitrogens is 1. The maximum Gasteiger partial charge on any atom is 0.167 e. The van der Waals surface area contributed by atoms with Gasteiger partial charge in [-0.3, -0.25) is 0 Å². The highest BCUT2D eigenvalue weighted by Gasteiger charge is 2.07. The molecule has 3 aromatic rings. The fourth-order valence-electron chi connectivity index (χ4n) is 2.30. The van der Waals surface area contributed by atoms with Crippen molar-refractivity contribution in [3.05, 3.63) is 71.9 Å². The Morgan fingerprint density at radius 2 is 1.79 bits per heavy atom. The van der Waals surface area contributed by atoms with Crippen molar-refractivity contribution in [2.24, 2.45) is 0 Å². The maximum atomic E-state index is 5.80. The molecule has 0 radical (unpaired) electrons. The average Bonchev–Trinajstić information content (AvgIpc) is 3.08. The fraction of sp³-hybridized carbons (Fsp3) is 0.250. The smallest absolute Gasteiger partial charge is 0.167 e. The van der Waals surface area contributed by atoms with E-state index in [2.05, 4.69) is 36.5 Å². The Hall–Kier alpha value is -2.59. The molecule has 0 fully saturated rings. The van der Waals surface area contributed by atoms with Crippen LogP contribution in [0.4, 0.5) is 0 Å². The van der Waals surface area contributed by atoms with Crippen molar-refractivity contribution >= 4 is 0 Å². The standard InChI is InChI=1S/C20H22N2O2/c1-15(2)21-13-18-12-20(24-22-18)17-8-10-19(11-9-17)23-14-16-6-4-3-5-7-16/h3-12,15,21H,13-14H2,1-2H3. The predicted molar refractivity (Wildman–Crippen MR) is 94.7 cm³/mol. The van der Waals surface area contributed by atoms with E-state index < -0.39 is 0 Å². The molecule has 0 atom stereocenters. The molecule has 0 saturated heterocycles. The lowest BCUT2D eigenvalue weighted by molar-refractivity contribution is 0.306. The van der Waals surface area contributed by atoms with Gasteiger partial charge in [-0.1, -0.05) is 49.3 Å². The summed E-state index contributed by atoms with van der Waals surface area (Å²) in [7, 11) is 0. The van der Waals surface area contributed by atoms with Gasteiger partial charge in [-0.25, -0.2) is 0 Å². The second-order valence-corrected chi connectivity index (χ2v) is 6.02. The minimum atomic E-state index is 0.422. The van der Waals surface area contributed by atoms with Crippen LogP contribution in [0.2, 0.25) is 0 Å². The number of benzene rings is 2. The number of nitrogens with zero attached hydrogens (tertiary/aromatic N) is 1. The van der Waals surface area contributed by atoms with Crippen LogP contribution in [0.5, 0.6) is 5.75 Å². The van der Waals surface area contributed by atoms with Gasteiger partial charge in [0.05, 0.1) is 5.69 Å². The van der Waals surface area contributed by atoms with Crippen molar-refractivity contribution in [3.8, 4) is 17.1 Å². The first-order valence-electron chi connectivity index (χ1n) is 8.17. The summed E-state index contributed by atoms with van der Waals surface area (Å²) in [5, 5.41) is 7.42. The highest BCUT2D eigenvalue weighted by atomic mass is 16.5. The Labute approximate surface area is 142 Å². The molecule has 124 valence electrons. The molecule has 0 spiro atoms. The monoisotopic (exact) mass is 322 g/mol. The molecule has 2 aromatic carbocycles. The van der Waals surface area contributed by atoms with Crippen LogP contribution in [-0.4, -0.2) is 11.2 Å². The number of rotatable bonds is 7. The minimum Gasteiger partial charge on any atom is -0.489 e. The van der Waals surface area contributed by atoms with Crippen LogP contribution in [0, 0.1) is 0 Å². The summed E-state index contributed by atoms with van der Waals surface area (Å²) in [5.74, 6) is 1.61. The topological polar surface area (TPSA) is 47.3 Å². The van der Waals surface area contributed by atoms with E-state index in [0.29, 0.717) is 19.2 Å². The maximum absolute atomic E-state index is 5.80. The molecule has 0 aliphatic heterocycles. The molecule has 1 aromatic heterocycles. The lowest BCUT2D eigenvalue weighted by Crippen LogP contribution is -2.21. The Kier molecular flexibility index (Phi) is 5.29. The molecule has 4 nitrogen and oxygen atoms in total. The Morgan fingerprint density at radius 1 is 1.04 bits per heavy atom. The Morgan fingerprint density at radius 3 is 2.50 bits per heavy atom. The van der Waals surface area contributed by atoms with E-state index >= 15 is 0 Å². The molecule has 1 N–H and O–H groups in total. The molecule has 0 amide bonds. The normalized spacial score (nSPS) is 11.0. The molecule has 0 aliphatic rings. The molecule has 0 aliphatic carbocycles. The van der Waals surface area contributed by atoms with Gasteiger partial charge in [0.2, 0.25) is 0 Å². The van der Waals surface area contributed by atoms with Crippen LogP contribution in [0.3, 0.4) is 0 Å². The zero-order valence-corrected chi connectivity index (χ0v) is 14.0. The molecule has 3 rings (SSSR count). The van der Waals surface area contributed by atoms with Crippen LogP contribution >= 0.6 is 0 Å². The highest BCUT2D eigenvalue weighted by Crippen LogP contribution is 2.23. The summed E-state index contributed by atoms with van der Waals surface area (Å²) in [5.41, 5.74) is 3.05. The van der Waals surface area contributed by atoms with E-state index in [1.165, 1.54) is 0 Å². The predicted octanol–water partition coefficient (Wildman–Crippen LogP) is 4.42. The van der Waals surface area contributed by atoms with Gasteiger partial charge < -0.3 is 14.6 Å². The number of ether oxygens (including phenoxy) is 1. The number of hydrogen-bond donors (Lipinski definition) is 1. The summed E-state index contributed by atoms with van der Waals surface area (Å²) < 4.78 is 11.2. The van der Waals surface area contributed by atoms with Crippen molar-refractivity contribution < 1.29 is 9.26 Å². The molecule has 24 heavy (non-hydrogen) atoms. The second-order valence-electron chi connectivity index (χ2n) is 6.02. The summed E-state index contributed by atoms with van der Waals surface area (Å²) >= 11 is 0. The van der Waals surface area contributed by atoms with Crippen LogP contribution < -0.4 is 10.1 Å². The zero-order chi connectivity index (χ0) is 16.8. The highest BCUT2D eigenvalue weighted by molar-refractivity contribution is 5.58. The molecule has 0 bridgehead atoms.